The van der Waals surface area contributed by atoms with Crippen molar-refractivity contribution >= 4 is 50.9 Å². The molecule has 10 nitrogen and oxygen atoms in total. The number of rotatable bonds is 7. The Morgan fingerprint density at radius 2 is 1.69 bits per heavy atom. The number of piperidine rings is 1. The topological polar surface area (TPSA) is 177 Å². The van der Waals surface area contributed by atoms with Gasteiger partial charge in [0.15, 0.2) is 6.23 Å². The van der Waals surface area contributed by atoms with Crippen LogP contribution >= 0.6 is 12.4 Å². The van der Waals surface area contributed by atoms with Crippen molar-refractivity contribution < 1.29 is 27.9 Å². The molecule has 1 saturated heterocycles. The number of ether oxygens (including phenoxy) is 1. The van der Waals surface area contributed by atoms with Crippen LogP contribution in [0.2, 0.25) is 0 Å². The predicted molar refractivity (Wildman–Crippen MR) is 161 cm³/mol. The second-order valence-corrected chi connectivity index (χ2v) is 13.2. The molecule has 12 heteroatoms. The van der Waals surface area contributed by atoms with Crippen LogP contribution in [-0.4, -0.2) is 54.0 Å². The number of hydrogen-bond acceptors (Lipinski definition) is 7. The minimum absolute atomic E-state index is 0. The van der Waals surface area contributed by atoms with Gasteiger partial charge in [-0.15, -0.1) is 12.4 Å². The number of nitrogens with zero attached hydrogens (tertiary/aromatic N) is 1. The molecule has 42 heavy (non-hydrogen) atoms. The summed E-state index contributed by atoms with van der Waals surface area (Å²) in [6, 6.07) is 18.2. The van der Waals surface area contributed by atoms with E-state index < -0.39 is 39.4 Å². The summed E-state index contributed by atoms with van der Waals surface area (Å²) in [5, 5.41) is 18.8. The summed E-state index contributed by atoms with van der Waals surface area (Å²) in [6.45, 7) is 0.154. The predicted octanol–water partition coefficient (Wildman–Crippen LogP) is 4.28. The fraction of sp³-hybridized carbons (Fsp3) is 0.367. The molecular formula is C30H35ClN4O6S. The molecule has 3 aromatic rings. The summed E-state index contributed by atoms with van der Waals surface area (Å²) in [7, 11) is -4.55. The van der Waals surface area contributed by atoms with E-state index in [2.05, 4.69) is 0 Å². The highest BCUT2D eigenvalue weighted by Gasteiger charge is 2.54. The standard InChI is InChI=1S/C30H34N4O6S.ClH/c31-27(32)23-11-5-6-19(14-23)17-30(33,41(38,39)25-13-12-20-7-1-2-8-21(20)15-25)28(35)34-18-24-10-4-3-9-22(24)16-26(34)40-29(36)37;/h1-2,5-8,11-15,22,24,26H,3-4,9-10,16-18,33H2,(H3,31,32)(H,36,37);1H/t22?,24?,26?,30-;/m1./s1. The summed E-state index contributed by atoms with van der Waals surface area (Å²) in [5.74, 6) is -0.870. The van der Waals surface area contributed by atoms with E-state index in [0.29, 0.717) is 16.5 Å². The van der Waals surface area contributed by atoms with E-state index in [1.165, 1.54) is 23.1 Å². The SMILES string of the molecule is Cl.N=C(N)c1cccc(C[C@](N)(C(=O)N2CC3CCCCC3CC2OC(=O)O)S(=O)(=O)c2ccc3ccccc3c2)c1. The number of fused-ring (bicyclic) bond motifs is 2. The third-order valence-electron chi connectivity index (χ3n) is 8.42. The van der Waals surface area contributed by atoms with Crippen molar-refractivity contribution in [3.63, 3.8) is 0 Å². The van der Waals surface area contributed by atoms with Crippen molar-refractivity contribution in [1.82, 2.24) is 4.90 Å². The van der Waals surface area contributed by atoms with Crippen molar-refractivity contribution in [1.29, 1.82) is 5.41 Å². The molecule has 3 aromatic carbocycles. The van der Waals surface area contributed by atoms with Crippen molar-refractivity contribution in [2.24, 2.45) is 23.3 Å². The van der Waals surface area contributed by atoms with Gasteiger partial charge in [0.25, 0.3) is 5.91 Å². The molecule has 3 unspecified atom stereocenters. The lowest BCUT2D eigenvalue weighted by Gasteiger charge is -2.47. The number of sulfone groups is 1. The average Bonchev–Trinajstić information content (AvgIpc) is 2.95. The van der Waals surface area contributed by atoms with Crippen LogP contribution in [0.4, 0.5) is 4.79 Å². The number of carbonyl (C=O) groups is 2. The van der Waals surface area contributed by atoms with Crippen molar-refractivity contribution in [2.75, 3.05) is 6.54 Å². The number of amides is 1. The molecule has 6 N–H and O–H groups in total. The van der Waals surface area contributed by atoms with Gasteiger partial charge in [0.1, 0.15) is 5.84 Å². The highest BCUT2D eigenvalue weighted by molar-refractivity contribution is 7.93. The molecule has 2 fully saturated rings. The van der Waals surface area contributed by atoms with E-state index in [-0.39, 0.29) is 47.9 Å². The first-order chi connectivity index (χ1) is 19.5. The van der Waals surface area contributed by atoms with Gasteiger partial charge in [0.2, 0.25) is 14.7 Å². The van der Waals surface area contributed by atoms with Crippen LogP contribution < -0.4 is 11.5 Å². The van der Waals surface area contributed by atoms with E-state index in [1.54, 1.807) is 36.4 Å². The molecule has 1 aliphatic heterocycles. The number of nitrogens with one attached hydrogen (secondary N) is 1. The van der Waals surface area contributed by atoms with E-state index in [0.717, 1.165) is 31.1 Å². The lowest BCUT2D eigenvalue weighted by molar-refractivity contribution is -0.156. The molecule has 5 rings (SSSR count). The van der Waals surface area contributed by atoms with Gasteiger partial charge < -0.3 is 26.2 Å². The Bertz CT molecular complexity index is 1620. The maximum Gasteiger partial charge on any atom is 0.507 e. The van der Waals surface area contributed by atoms with Crippen LogP contribution in [0.5, 0.6) is 0 Å². The molecule has 0 radical (unpaired) electrons. The Labute approximate surface area is 250 Å². The highest BCUT2D eigenvalue weighted by Crippen LogP contribution is 2.41. The summed E-state index contributed by atoms with van der Waals surface area (Å²) < 4.78 is 34.0. The maximum atomic E-state index is 14.5. The lowest BCUT2D eigenvalue weighted by atomic mass is 9.74. The second-order valence-electron chi connectivity index (χ2n) is 11.0. The van der Waals surface area contributed by atoms with Crippen LogP contribution in [0.1, 0.15) is 43.2 Å². The molecule has 1 aliphatic carbocycles. The summed E-state index contributed by atoms with van der Waals surface area (Å²) in [6.07, 6.45) is 0.902. The monoisotopic (exact) mass is 614 g/mol. The summed E-state index contributed by atoms with van der Waals surface area (Å²) in [4.78, 5) is 24.7. The molecule has 0 aromatic heterocycles. The number of amidine groups is 1. The quantitative estimate of drug-likeness (QED) is 0.173. The Morgan fingerprint density at radius 1 is 1.00 bits per heavy atom. The fourth-order valence-corrected chi connectivity index (χ4v) is 7.91. The van der Waals surface area contributed by atoms with E-state index in [1.807, 2.05) is 12.1 Å². The number of carboxylic acid groups (broad SMARTS) is 1. The molecule has 0 bridgehead atoms. The zero-order chi connectivity index (χ0) is 29.4. The number of likely N-dealkylation sites (tertiary alicyclic amines) is 1. The Kier molecular flexibility index (Phi) is 9.15. The average molecular weight is 615 g/mol. The Hall–Kier alpha value is -3.67. The zero-order valence-electron chi connectivity index (χ0n) is 22.9. The van der Waals surface area contributed by atoms with Gasteiger partial charge in [-0.25, -0.2) is 13.2 Å². The van der Waals surface area contributed by atoms with Crippen LogP contribution in [0.15, 0.2) is 71.6 Å². The highest BCUT2D eigenvalue weighted by atomic mass is 35.5. The van der Waals surface area contributed by atoms with Crippen LogP contribution in [0.3, 0.4) is 0 Å². The maximum absolute atomic E-state index is 14.5. The van der Waals surface area contributed by atoms with E-state index >= 15 is 0 Å². The van der Waals surface area contributed by atoms with Crippen LogP contribution in [0, 0.1) is 17.2 Å². The van der Waals surface area contributed by atoms with Gasteiger partial charge in [-0.2, -0.15) is 0 Å². The molecular weight excluding hydrogens is 580 g/mol. The first-order valence-corrected chi connectivity index (χ1v) is 15.1. The lowest BCUT2D eigenvalue weighted by Crippen LogP contribution is -2.65. The van der Waals surface area contributed by atoms with Crippen molar-refractivity contribution in [3.05, 3.63) is 77.9 Å². The molecule has 4 atom stereocenters. The number of benzene rings is 3. The number of nitrogens with two attached hydrogens (primary N) is 2. The molecule has 1 heterocycles. The van der Waals surface area contributed by atoms with Gasteiger partial charge in [0.05, 0.1) is 4.90 Å². The summed E-state index contributed by atoms with van der Waals surface area (Å²) in [5.41, 5.74) is 13.2. The first kappa shape index (κ1) is 31.3. The number of nitrogen functional groups attached to an aromatic ring is 1. The first-order valence-electron chi connectivity index (χ1n) is 13.7. The minimum atomic E-state index is -4.55. The van der Waals surface area contributed by atoms with Crippen LogP contribution in [-0.2, 0) is 25.8 Å². The smallest absolute Gasteiger partial charge is 0.450 e. The number of hydrogen-bond donors (Lipinski definition) is 4. The van der Waals surface area contributed by atoms with E-state index in [4.69, 9.17) is 21.6 Å². The third-order valence-corrected chi connectivity index (χ3v) is 10.6. The molecule has 224 valence electrons. The molecule has 1 amide bonds. The summed E-state index contributed by atoms with van der Waals surface area (Å²) >= 11 is 0. The molecule has 1 saturated carbocycles. The number of carbonyl (C=O) groups excluding carboxylic acids is 1. The largest absolute Gasteiger partial charge is 0.507 e. The number of halogens is 1. The molecule has 0 spiro atoms. The van der Waals surface area contributed by atoms with E-state index in [9.17, 15) is 23.1 Å². The second kappa shape index (κ2) is 12.3. The Morgan fingerprint density at radius 3 is 2.38 bits per heavy atom. The third kappa shape index (κ3) is 5.95. The van der Waals surface area contributed by atoms with Gasteiger partial charge >= 0.3 is 6.16 Å². The molecule has 2 aliphatic rings. The van der Waals surface area contributed by atoms with Crippen LogP contribution in [0.25, 0.3) is 10.8 Å². The fourth-order valence-electron chi connectivity index (χ4n) is 6.26. The normalized spacial score (nSPS) is 21.8. The minimum Gasteiger partial charge on any atom is -0.450 e. The van der Waals surface area contributed by atoms with Crippen molar-refractivity contribution in [3.8, 4) is 0 Å². The van der Waals surface area contributed by atoms with Gasteiger partial charge in [-0.05, 0) is 59.2 Å². The zero-order valence-corrected chi connectivity index (χ0v) is 24.6. The van der Waals surface area contributed by atoms with Crippen molar-refractivity contribution in [2.45, 2.75) is 54.5 Å². The van der Waals surface area contributed by atoms with Gasteiger partial charge in [-0.1, -0.05) is 61.4 Å². The Balaban J connectivity index is 0.00000405. The van der Waals surface area contributed by atoms with Gasteiger partial charge in [-0.3, -0.25) is 10.2 Å². The van der Waals surface area contributed by atoms with Gasteiger partial charge in [0, 0.05) is 24.9 Å².